The molecule has 5 heteroatoms. The first-order chi connectivity index (χ1) is 11.6. The number of hydrogen-bond acceptors (Lipinski definition) is 5. The number of carbonyl (C=O) groups excluding carboxylic acids is 3. The second-order valence-corrected chi connectivity index (χ2v) is 7.21. The summed E-state index contributed by atoms with van der Waals surface area (Å²) in [6.45, 7) is 10.9. The Balaban J connectivity index is 3.04. The molecule has 138 valence electrons. The summed E-state index contributed by atoms with van der Waals surface area (Å²) in [5.74, 6) is -2.81. The standard InChI is InChI=1S/C20H28O5/c1-11(2)8-7-9-13(5)16-18(23)17(22)14(6)20(19(16)24)25-15(21)10-12(3)4/h8,12-13,23H,7,9-10H2,1-6H3. The van der Waals surface area contributed by atoms with Crippen molar-refractivity contribution in [2.24, 2.45) is 11.8 Å². The third-order valence-corrected chi connectivity index (χ3v) is 4.04. The molecule has 0 amide bonds. The van der Waals surface area contributed by atoms with Crippen LogP contribution in [0.5, 0.6) is 0 Å². The SMILES string of the molecule is CC(C)=CCCC(C)C1=C(O)C(=O)C(C)=C(OC(=O)CC(C)C)C1=O. The van der Waals surface area contributed by atoms with E-state index in [1.54, 1.807) is 6.92 Å². The first kappa shape index (κ1) is 20.9. The first-order valence-electron chi connectivity index (χ1n) is 8.63. The zero-order valence-corrected chi connectivity index (χ0v) is 15.9. The number of esters is 1. The number of rotatable bonds is 7. The molecule has 0 bridgehead atoms. The van der Waals surface area contributed by atoms with Crippen molar-refractivity contribution in [1.82, 2.24) is 0 Å². The molecule has 0 aliphatic heterocycles. The summed E-state index contributed by atoms with van der Waals surface area (Å²) < 4.78 is 5.18. The molecule has 0 saturated carbocycles. The van der Waals surface area contributed by atoms with Gasteiger partial charge in [-0.2, -0.15) is 0 Å². The van der Waals surface area contributed by atoms with Gasteiger partial charge in [-0.05, 0) is 45.4 Å². The van der Waals surface area contributed by atoms with Crippen molar-refractivity contribution in [3.05, 3.63) is 34.3 Å². The highest BCUT2D eigenvalue weighted by molar-refractivity contribution is 6.23. The minimum atomic E-state index is -0.656. The highest BCUT2D eigenvalue weighted by Crippen LogP contribution is 2.31. The van der Waals surface area contributed by atoms with Crippen LogP contribution in [0, 0.1) is 11.8 Å². The predicted molar refractivity (Wildman–Crippen MR) is 95.7 cm³/mol. The van der Waals surface area contributed by atoms with Gasteiger partial charge in [-0.15, -0.1) is 0 Å². The molecule has 1 aliphatic carbocycles. The number of aliphatic hydroxyl groups excluding tert-OH is 1. The molecule has 25 heavy (non-hydrogen) atoms. The quantitative estimate of drug-likeness (QED) is 0.424. The van der Waals surface area contributed by atoms with E-state index in [1.807, 2.05) is 33.8 Å². The van der Waals surface area contributed by atoms with Gasteiger partial charge >= 0.3 is 5.97 Å². The lowest BCUT2D eigenvalue weighted by Gasteiger charge is -2.22. The number of allylic oxidation sites excluding steroid dienone is 4. The van der Waals surface area contributed by atoms with Gasteiger partial charge in [-0.3, -0.25) is 14.4 Å². The van der Waals surface area contributed by atoms with Gasteiger partial charge in [-0.25, -0.2) is 0 Å². The monoisotopic (exact) mass is 348 g/mol. The Hall–Kier alpha value is -2.17. The zero-order chi connectivity index (χ0) is 19.3. The molecule has 1 aliphatic rings. The Morgan fingerprint density at radius 3 is 2.28 bits per heavy atom. The van der Waals surface area contributed by atoms with Gasteiger partial charge in [0.2, 0.25) is 11.6 Å². The van der Waals surface area contributed by atoms with Gasteiger partial charge < -0.3 is 9.84 Å². The van der Waals surface area contributed by atoms with Crippen LogP contribution in [0.4, 0.5) is 0 Å². The topological polar surface area (TPSA) is 80.7 Å². The normalized spacial score (nSPS) is 16.4. The number of aliphatic hydroxyl groups is 1. The van der Waals surface area contributed by atoms with Crippen LogP contribution in [0.3, 0.4) is 0 Å². The van der Waals surface area contributed by atoms with E-state index in [0.717, 1.165) is 12.0 Å². The van der Waals surface area contributed by atoms with Gasteiger partial charge in [0.1, 0.15) is 0 Å². The van der Waals surface area contributed by atoms with Crippen molar-refractivity contribution in [3.63, 3.8) is 0 Å². The summed E-state index contributed by atoms with van der Waals surface area (Å²) in [7, 11) is 0. The molecule has 0 saturated heterocycles. The third-order valence-electron chi connectivity index (χ3n) is 4.04. The molecular formula is C20H28O5. The Morgan fingerprint density at radius 2 is 1.76 bits per heavy atom. The number of ether oxygens (including phenoxy) is 1. The minimum absolute atomic E-state index is 0.0279. The molecule has 0 fully saturated rings. The summed E-state index contributed by atoms with van der Waals surface area (Å²) in [6, 6.07) is 0. The van der Waals surface area contributed by atoms with Crippen LogP contribution >= 0.6 is 0 Å². The largest absolute Gasteiger partial charge is 0.504 e. The summed E-state index contributed by atoms with van der Waals surface area (Å²) >= 11 is 0. The van der Waals surface area contributed by atoms with Crippen LogP contribution in [0.25, 0.3) is 0 Å². The van der Waals surface area contributed by atoms with Gasteiger partial charge in [0.25, 0.3) is 0 Å². The van der Waals surface area contributed by atoms with Crippen LogP contribution in [0.2, 0.25) is 0 Å². The molecule has 0 heterocycles. The van der Waals surface area contributed by atoms with E-state index in [0.29, 0.717) is 6.42 Å². The molecule has 1 atom stereocenters. The number of Topliss-reactive ketones (excluding diaryl/α,β-unsaturated/α-hetero) is 2. The van der Waals surface area contributed by atoms with E-state index in [4.69, 9.17) is 4.74 Å². The number of ketones is 2. The molecule has 5 nitrogen and oxygen atoms in total. The second-order valence-electron chi connectivity index (χ2n) is 7.21. The maximum absolute atomic E-state index is 12.7. The third kappa shape index (κ3) is 5.41. The molecule has 1 unspecified atom stereocenters. The fraction of sp³-hybridized carbons (Fsp3) is 0.550. The van der Waals surface area contributed by atoms with Crippen molar-refractivity contribution in [3.8, 4) is 0 Å². The van der Waals surface area contributed by atoms with Gasteiger partial charge in [0, 0.05) is 12.0 Å². The van der Waals surface area contributed by atoms with E-state index in [9.17, 15) is 19.5 Å². The summed E-state index contributed by atoms with van der Waals surface area (Å²) in [5.41, 5.74) is 1.17. The van der Waals surface area contributed by atoms with Gasteiger partial charge in [0.15, 0.2) is 11.5 Å². The molecule has 0 spiro atoms. The number of carbonyl (C=O) groups is 3. The van der Waals surface area contributed by atoms with Crippen LogP contribution in [0.1, 0.15) is 60.8 Å². The fourth-order valence-corrected chi connectivity index (χ4v) is 2.64. The Bertz CT molecular complexity index is 658. The molecule has 1 N–H and O–H groups in total. The average Bonchev–Trinajstić information content (AvgIpc) is 2.48. The summed E-state index contributed by atoms with van der Waals surface area (Å²) in [5, 5.41) is 10.2. The molecular weight excluding hydrogens is 320 g/mol. The van der Waals surface area contributed by atoms with E-state index in [-0.39, 0.29) is 35.2 Å². The molecule has 1 rings (SSSR count). The maximum Gasteiger partial charge on any atom is 0.311 e. The molecule has 0 aromatic carbocycles. The van der Waals surface area contributed by atoms with Crippen LogP contribution in [-0.2, 0) is 19.1 Å². The van der Waals surface area contributed by atoms with E-state index in [1.165, 1.54) is 6.92 Å². The predicted octanol–water partition coefficient (Wildman–Crippen LogP) is 4.20. The van der Waals surface area contributed by atoms with Gasteiger partial charge in [-0.1, -0.05) is 32.4 Å². The second kappa shape index (κ2) is 8.79. The Kier molecular flexibility index (Phi) is 7.34. The zero-order valence-electron chi connectivity index (χ0n) is 15.9. The molecule has 0 aromatic heterocycles. The van der Waals surface area contributed by atoms with Crippen molar-refractivity contribution in [2.45, 2.75) is 60.8 Å². The first-order valence-corrected chi connectivity index (χ1v) is 8.63. The van der Waals surface area contributed by atoms with E-state index < -0.39 is 23.3 Å². The maximum atomic E-state index is 12.7. The fourth-order valence-electron chi connectivity index (χ4n) is 2.64. The summed E-state index contributed by atoms with van der Waals surface area (Å²) in [4.78, 5) is 36.9. The summed E-state index contributed by atoms with van der Waals surface area (Å²) in [6.07, 6.45) is 3.52. The molecule has 0 radical (unpaired) electrons. The lowest BCUT2D eigenvalue weighted by Crippen LogP contribution is -2.28. The van der Waals surface area contributed by atoms with Gasteiger partial charge in [0.05, 0.1) is 5.57 Å². The number of hydrogen-bond donors (Lipinski definition) is 1. The van der Waals surface area contributed by atoms with Crippen LogP contribution in [0.15, 0.2) is 34.3 Å². The Morgan fingerprint density at radius 1 is 1.16 bits per heavy atom. The smallest absolute Gasteiger partial charge is 0.311 e. The molecule has 0 aromatic rings. The van der Waals surface area contributed by atoms with Crippen molar-refractivity contribution < 1.29 is 24.2 Å². The van der Waals surface area contributed by atoms with Crippen LogP contribution in [-0.4, -0.2) is 22.6 Å². The van der Waals surface area contributed by atoms with Crippen molar-refractivity contribution >= 4 is 17.5 Å². The minimum Gasteiger partial charge on any atom is -0.504 e. The average molecular weight is 348 g/mol. The lowest BCUT2D eigenvalue weighted by atomic mass is 9.84. The van der Waals surface area contributed by atoms with Crippen molar-refractivity contribution in [2.75, 3.05) is 0 Å². The van der Waals surface area contributed by atoms with Crippen LogP contribution < -0.4 is 0 Å². The van der Waals surface area contributed by atoms with E-state index in [2.05, 4.69) is 0 Å². The lowest BCUT2D eigenvalue weighted by molar-refractivity contribution is -0.143. The van der Waals surface area contributed by atoms with Crippen molar-refractivity contribution in [1.29, 1.82) is 0 Å². The Labute approximate surface area is 149 Å². The highest BCUT2D eigenvalue weighted by atomic mass is 16.5. The van der Waals surface area contributed by atoms with E-state index >= 15 is 0 Å². The highest BCUT2D eigenvalue weighted by Gasteiger charge is 2.37.